The molecule has 24 heavy (non-hydrogen) atoms. The van der Waals surface area contributed by atoms with Gasteiger partial charge in [-0.1, -0.05) is 0 Å². The Bertz CT molecular complexity index is 905. The third-order valence-corrected chi connectivity index (χ3v) is 4.25. The molecule has 3 rings (SSSR count). The van der Waals surface area contributed by atoms with Gasteiger partial charge in [-0.25, -0.2) is 13.6 Å². The molecule has 0 radical (unpaired) electrons. The molecule has 0 saturated heterocycles. The van der Waals surface area contributed by atoms with Gasteiger partial charge in [0.25, 0.3) is 0 Å². The van der Waals surface area contributed by atoms with Gasteiger partial charge >= 0.3 is 0 Å². The van der Waals surface area contributed by atoms with Crippen LogP contribution in [0.2, 0.25) is 0 Å². The fourth-order valence-corrected chi connectivity index (χ4v) is 2.62. The highest BCUT2D eigenvalue weighted by Gasteiger charge is 2.15. The summed E-state index contributed by atoms with van der Waals surface area (Å²) < 4.78 is 32.7. The molecular weight excluding hydrogens is 332 g/mol. The van der Waals surface area contributed by atoms with E-state index < -0.39 is 10.0 Å². The number of ketones is 1. The van der Waals surface area contributed by atoms with Crippen molar-refractivity contribution in [2.75, 3.05) is 12.1 Å². The van der Waals surface area contributed by atoms with E-state index in [0.717, 1.165) is 0 Å². The normalized spacial score (nSPS) is 13.2. The second kappa shape index (κ2) is 6.34. The third kappa shape index (κ3) is 3.55. The number of nitrogens with two attached hydrogens (primary N) is 1. The number of allylic oxidation sites excluding steroid dienone is 1. The molecule has 0 aromatic heterocycles. The summed E-state index contributed by atoms with van der Waals surface area (Å²) in [6.45, 7) is 0.152. The lowest BCUT2D eigenvalue weighted by Crippen LogP contribution is -2.11. The molecule has 1 aliphatic heterocycles. The number of fused-ring (bicyclic) bond motifs is 1. The first kappa shape index (κ1) is 16.0. The molecule has 0 fully saturated rings. The van der Waals surface area contributed by atoms with Gasteiger partial charge in [0.05, 0.1) is 4.90 Å². The number of sulfonamides is 1. The van der Waals surface area contributed by atoms with Crippen LogP contribution in [0.15, 0.2) is 59.6 Å². The van der Waals surface area contributed by atoms with Gasteiger partial charge in [-0.05, 0) is 42.5 Å². The Hall–Kier alpha value is -2.84. The van der Waals surface area contributed by atoms with E-state index in [1.54, 1.807) is 30.3 Å². The number of benzene rings is 2. The Morgan fingerprint density at radius 1 is 1.08 bits per heavy atom. The lowest BCUT2D eigenvalue weighted by atomic mass is 10.1. The second-order valence-electron chi connectivity index (χ2n) is 4.98. The Balaban J connectivity index is 1.64. The number of hydrogen-bond donors (Lipinski definition) is 2. The first-order valence-corrected chi connectivity index (χ1v) is 8.48. The van der Waals surface area contributed by atoms with Gasteiger partial charge in [0, 0.05) is 23.5 Å². The average molecular weight is 346 g/mol. The molecule has 124 valence electrons. The third-order valence-electron chi connectivity index (χ3n) is 3.32. The van der Waals surface area contributed by atoms with Crippen LogP contribution in [0.25, 0.3) is 0 Å². The molecule has 7 nitrogen and oxygen atoms in total. The number of rotatable bonds is 5. The minimum absolute atomic E-state index is 0.0217. The van der Waals surface area contributed by atoms with Crippen LogP contribution in [0.4, 0.5) is 5.69 Å². The van der Waals surface area contributed by atoms with Gasteiger partial charge in [-0.2, -0.15) is 0 Å². The topological polar surface area (TPSA) is 108 Å². The summed E-state index contributed by atoms with van der Waals surface area (Å²) in [7, 11) is -3.72. The molecule has 2 aromatic carbocycles. The highest BCUT2D eigenvalue weighted by atomic mass is 32.2. The maximum Gasteiger partial charge on any atom is 0.238 e. The number of primary sulfonamides is 1. The van der Waals surface area contributed by atoms with Crippen LogP contribution in [0, 0.1) is 0 Å². The first-order chi connectivity index (χ1) is 11.4. The molecule has 0 saturated carbocycles. The van der Waals surface area contributed by atoms with E-state index >= 15 is 0 Å². The highest BCUT2D eigenvalue weighted by Crippen LogP contribution is 2.32. The van der Waals surface area contributed by atoms with Crippen LogP contribution in [0.3, 0.4) is 0 Å². The van der Waals surface area contributed by atoms with Crippen LogP contribution in [0.1, 0.15) is 10.4 Å². The maximum absolute atomic E-state index is 12.1. The minimum atomic E-state index is -3.72. The fraction of sp³-hybridized carbons (Fsp3) is 0.0625. The molecule has 0 spiro atoms. The van der Waals surface area contributed by atoms with Crippen LogP contribution >= 0.6 is 0 Å². The zero-order valence-corrected chi connectivity index (χ0v) is 13.2. The SMILES string of the molecule is NS(=O)(=O)c1ccc(N/C=C\C(=O)c2ccc3c(c2)OCO3)cc1. The number of carbonyl (C=O) groups is 1. The molecule has 0 aliphatic carbocycles. The smallest absolute Gasteiger partial charge is 0.238 e. The predicted molar refractivity (Wildman–Crippen MR) is 87.5 cm³/mol. The number of hydrogen-bond acceptors (Lipinski definition) is 6. The summed E-state index contributed by atoms with van der Waals surface area (Å²) in [6, 6.07) is 10.8. The average Bonchev–Trinajstić information content (AvgIpc) is 3.02. The maximum atomic E-state index is 12.1. The molecule has 3 N–H and O–H groups in total. The summed E-state index contributed by atoms with van der Waals surface area (Å²) in [5.74, 6) is 0.950. The van der Waals surface area contributed by atoms with Crippen molar-refractivity contribution in [1.29, 1.82) is 0 Å². The summed E-state index contributed by atoms with van der Waals surface area (Å²) in [5.41, 5.74) is 1.10. The monoisotopic (exact) mass is 346 g/mol. The molecular formula is C16H14N2O5S. The van der Waals surface area contributed by atoms with E-state index in [1.807, 2.05) is 0 Å². The Morgan fingerprint density at radius 2 is 1.79 bits per heavy atom. The first-order valence-electron chi connectivity index (χ1n) is 6.93. The molecule has 1 aliphatic rings. The van der Waals surface area contributed by atoms with Crippen LogP contribution in [0.5, 0.6) is 11.5 Å². The lowest BCUT2D eigenvalue weighted by molar-refractivity contribution is 0.104. The number of carbonyl (C=O) groups excluding carboxylic acids is 1. The second-order valence-corrected chi connectivity index (χ2v) is 6.54. The van der Waals surface area contributed by atoms with Crippen LogP contribution in [-0.4, -0.2) is 21.0 Å². The van der Waals surface area contributed by atoms with E-state index in [2.05, 4.69) is 5.32 Å². The van der Waals surface area contributed by atoms with Gasteiger partial charge in [-0.15, -0.1) is 0 Å². The van der Waals surface area contributed by atoms with Gasteiger partial charge in [0.1, 0.15) is 0 Å². The number of anilines is 1. The minimum Gasteiger partial charge on any atom is -0.454 e. The lowest BCUT2D eigenvalue weighted by Gasteiger charge is -2.02. The molecule has 0 atom stereocenters. The predicted octanol–water partition coefficient (Wildman–Crippen LogP) is 1.87. The summed E-state index contributed by atoms with van der Waals surface area (Å²) in [5, 5.41) is 7.91. The van der Waals surface area contributed by atoms with Crippen molar-refractivity contribution in [3.05, 3.63) is 60.3 Å². The largest absolute Gasteiger partial charge is 0.454 e. The van der Waals surface area contributed by atoms with E-state index in [-0.39, 0.29) is 17.5 Å². The highest BCUT2D eigenvalue weighted by molar-refractivity contribution is 7.89. The quantitative estimate of drug-likeness (QED) is 0.632. The van der Waals surface area contributed by atoms with Gasteiger partial charge < -0.3 is 14.8 Å². The standard InChI is InChI=1S/C16H14N2O5S/c17-24(20,21)13-4-2-12(3-5-13)18-8-7-14(19)11-1-6-15-16(9-11)23-10-22-15/h1-9,18H,10H2,(H2,17,20,21)/b8-7-. The van der Waals surface area contributed by atoms with Crippen molar-refractivity contribution in [3.8, 4) is 11.5 Å². The summed E-state index contributed by atoms with van der Waals surface area (Å²) in [6.07, 6.45) is 2.84. The van der Waals surface area contributed by atoms with E-state index in [4.69, 9.17) is 14.6 Å². The molecule has 1 heterocycles. The Labute approximate surface area is 138 Å². The molecule has 0 bridgehead atoms. The van der Waals surface area contributed by atoms with Crippen molar-refractivity contribution in [1.82, 2.24) is 0 Å². The van der Waals surface area contributed by atoms with Crippen LogP contribution in [-0.2, 0) is 10.0 Å². The van der Waals surface area contributed by atoms with E-state index in [1.165, 1.54) is 24.4 Å². The van der Waals surface area contributed by atoms with Crippen molar-refractivity contribution >= 4 is 21.5 Å². The number of nitrogens with one attached hydrogen (secondary N) is 1. The summed E-state index contributed by atoms with van der Waals surface area (Å²) in [4.78, 5) is 12.1. The van der Waals surface area contributed by atoms with E-state index in [9.17, 15) is 13.2 Å². The van der Waals surface area contributed by atoms with Crippen molar-refractivity contribution in [2.45, 2.75) is 4.90 Å². The van der Waals surface area contributed by atoms with Crippen molar-refractivity contribution in [3.63, 3.8) is 0 Å². The van der Waals surface area contributed by atoms with Gasteiger partial charge in [-0.3, -0.25) is 4.79 Å². The van der Waals surface area contributed by atoms with Gasteiger partial charge in [0.2, 0.25) is 16.8 Å². The molecule has 0 amide bonds. The Kier molecular flexibility index (Phi) is 4.24. The molecule has 2 aromatic rings. The Morgan fingerprint density at radius 3 is 2.50 bits per heavy atom. The number of ether oxygens (including phenoxy) is 2. The van der Waals surface area contributed by atoms with Crippen molar-refractivity contribution < 1.29 is 22.7 Å². The zero-order chi connectivity index (χ0) is 17.2. The fourth-order valence-electron chi connectivity index (χ4n) is 2.10. The van der Waals surface area contributed by atoms with Crippen molar-refractivity contribution in [2.24, 2.45) is 5.14 Å². The van der Waals surface area contributed by atoms with E-state index in [0.29, 0.717) is 22.7 Å². The zero-order valence-electron chi connectivity index (χ0n) is 12.4. The molecule has 0 unspecified atom stereocenters. The molecule has 8 heteroatoms. The summed E-state index contributed by atoms with van der Waals surface area (Å²) >= 11 is 0. The van der Waals surface area contributed by atoms with Gasteiger partial charge in [0.15, 0.2) is 17.3 Å². The van der Waals surface area contributed by atoms with Crippen LogP contribution < -0.4 is 19.9 Å².